The monoisotopic (exact) mass is 213 g/mol. The number of nitrogens with one attached hydrogen (secondary N) is 1. The number of aromatic nitrogens is 2. The van der Waals surface area contributed by atoms with Gasteiger partial charge in [0.2, 0.25) is 0 Å². The van der Waals surface area contributed by atoms with Crippen molar-refractivity contribution in [2.75, 3.05) is 18.6 Å². The van der Waals surface area contributed by atoms with E-state index in [1.807, 2.05) is 25.0 Å². The van der Waals surface area contributed by atoms with Crippen molar-refractivity contribution in [3.05, 3.63) is 17.7 Å². The first-order valence-corrected chi connectivity index (χ1v) is 6.18. The van der Waals surface area contributed by atoms with Crippen molar-refractivity contribution in [1.29, 1.82) is 0 Å². The maximum Gasteiger partial charge on any atom is 0.105 e. The molecule has 0 fully saturated rings. The average Bonchev–Trinajstić information content (AvgIpc) is 2.50. The molecule has 0 amide bonds. The highest BCUT2D eigenvalue weighted by atomic mass is 32.2. The van der Waals surface area contributed by atoms with Crippen LogP contribution in [0.15, 0.2) is 6.20 Å². The Morgan fingerprint density at radius 1 is 1.57 bits per heavy atom. The summed E-state index contributed by atoms with van der Waals surface area (Å²) in [4.78, 5) is 4.33. The Labute approximate surface area is 90.3 Å². The molecule has 0 aliphatic rings. The maximum atomic E-state index is 4.33. The summed E-state index contributed by atoms with van der Waals surface area (Å²) in [6.07, 6.45) is 1.96. The SMILES string of the molecule is CCSCCn1c(CNC)cnc1C. The fourth-order valence-electron chi connectivity index (χ4n) is 1.44. The van der Waals surface area contributed by atoms with E-state index < -0.39 is 0 Å². The molecule has 3 nitrogen and oxygen atoms in total. The Bertz CT molecular complexity index is 270. The van der Waals surface area contributed by atoms with Crippen molar-refractivity contribution in [3.63, 3.8) is 0 Å². The van der Waals surface area contributed by atoms with E-state index in [0.717, 1.165) is 18.9 Å². The summed E-state index contributed by atoms with van der Waals surface area (Å²) >= 11 is 1.97. The minimum Gasteiger partial charge on any atom is -0.330 e. The van der Waals surface area contributed by atoms with Gasteiger partial charge in [0.25, 0.3) is 0 Å². The Kier molecular flexibility index (Phi) is 5.04. The Morgan fingerprint density at radius 2 is 2.36 bits per heavy atom. The third-order valence-corrected chi connectivity index (χ3v) is 3.04. The second kappa shape index (κ2) is 6.09. The lowest BCUT2D eigenvalue weighted by molar-refractivity contribution is 0.662. The standard InChI is InChI=1S/C10H19N3S/c1-4-14-6-5-13-9(2)12-8-10(13)7-11-3/h8,11H,4-7H2,1-3H3. The quantitative estimate of drug-likeness (QED) is 0.729. The lowest BCUT2D eigenvalue weighted by Crippen LogP contribution is -2.13. The van der Waals surface area contributed by atoms with E-state index in [1.54, 1.807) is 0 Å². The highest BCUT2D eigenvalue weighted by Crippen LogP contribution is 2.07. The molecule has 0 aliphatic carbocycles. The number of hydrogen-bond acceptors (Lipinski definition) is 3. The van der Waals surface area contributed by atoms with Gasteiger partial charge >= 0.3 is 0 Å². The molecule has 0 aliphatic heterocycles. The summed E-state index contributed by atoms with van der Waals surface area (Å²) in [6, 6.07) is 0. The third-order valence-electron chi connectivity index (χ3n) is 2.16. The zero-order valence-corrected chi connectivity index (χ0v) is 10.0. The molecular formula is C10H19N3S. The van der Waals surface area contributed by atoms with E-state index in [-0.39, 0.29) is 0 Å². The number of hydrogen-bond donors (Lipinski definition) is 1. The number of rotatable bonds is 6. The summed E-state index contributed by atoms with van der Waals surface area (Å²) in [5.74, 6) is 3.48. The zero-order valence-electron chi connectivity index (χ0n) is 9.21. The molecule has 0 bridgehead atoms. The Morgan fingerprint density at radius 3 is 3.00 bits per heavy atom. The lowest BCUT2D eigenvalue weighted by atomic mass is 10.4. The molecule has 0 aromatic carbocycles. The van der Waals surface area contributed by atoms with Crippen molar-refractivity contribution in [1.82, 2.24) is 14.9 Å². The molecule has 0 spiro atoms. The van der Waals surface area contributed by atoms with Crippen LogP contribution in [0.1, 0.15) is 18.4 Å². The van der Waals surface area contributed by atoms with Crippen molar-refractivity contribution in [3.8, 4) is 0 Å². The molecule has 14 heavy (non-hydrogen) atoms. The Hall–Kier alpha value is -0.480. The fraction of sp³-hybridized carbons (Fsp3) is 0.700. The number of thioether (sulfide) groups is 1. The first-order valence-electron chi connectivity index (χ1n) is 5.03. The van der Waals surface area contributed by atoms with E-state index in [4.69, 9.17) is 0 Å². The molecular weight excluding hydrogens is 194 g/mol. The van der Waals surface area contributed by atoms with Crippen molar-refractivity contribution < 1.29 is 0 Å². The van der Waals surface area contributed by atoms with Gasteiger partial charge in [0.15, 0.2) is 0 Å². The van der Waals surface area contributed by atoms with Gasteiger partial charge in [-0.15, -0.1) is 0 Å². The minimum absolute atomic E-state index is 0.900. The van der Waals surface area contributed by atoms with Gasteiger partial charge in [-0.3, -0.25) is 0 Å². The summed E-state index contributed by atoms with van der Waals surface area (Å²) in [5.41, 5.74) is 1.28. The number of imidazole rings is 1. The highest BCUT2D eigenvalue weighted by molar-refractivity contribution is 7.99. The first-order chi connectivity index (χ1) is 6.79. The summed E-state index contributed by atoms with van der Waals surface area (Å²) < 4.78 is 2.29. The molecule has 1 aromatic rings. The molecule has 0 atom stereocenters. The molecule has 0 saturated heterocycles. The van der Waals surface area contributed by atoms with Crippen LogP contribution < -0.4 is 5.32 Å². The van der Waals surface area contributed by atoms with E-state index in [0.29, 0.717) is 0 Å². The zero-order chi connectivity index (χ0) is 10.4. The molecule has 1 rings (SSSR count). The predicted octanol–water partition coefficient (Wildman–Crippen LogP) is 1.66. The first kappa shape index (κ1) is 11.6. The number of aryl methyl sites for hydroxylation is 1. The average molecular weight is 213 g/mol. The lowest BCUT2D eigenvalue weighted by Gasteiger charge is -2.09. The normalized spacial score (nSPS) is 10.8. The van der Waals surface area contributed by atoms with Crippen LogP contribution in [-0.4, -0.2) is 28.1 Å². The summed E-state index contributed by atoms with van der Waals surface area (Å²) in [6.45, 7) is 6.23. The summed E-state index contributed by atoms with van der Waals surface area (Å²) in [7, 11) is 1.97. The molecule has 4 heteroatoms. The van der Waals surface area contributed by atoms with Gasteiger partial charge in [0.05, 0.1) is 5.69 Å². The van der Waals surface area contributed by atoms with Crippen LogP contribution in [0.3, 0.4) is 0 Å². The van der Waals surface area contributed by atoms with Crippen LogP contribution in [-0.2, 0) is 13.1 Å². The van der Waals surface area contributed by atoms with Gasteiger partial charge in [-0.1, -0.05) is 6.92 Å². The molecule has 80 valence electrons. The third kappa shape index (κ3) is 3.03. The molecule has 1 aromatic heterocycles. The van der Waals surface area contributed by atoms with Crippen LogP contribution in [0.2, 0.25) is 0 Å². The largest absolute Gasteiger partial charge is 0.330 e. The van der Waals surface area contributed by atoms with Crippen molar-refractivity contribution in [2.45, 2.75) is 26.9 Å². The van der Waals surface area contributed by atoms with Crippen LogP contribution >= 0.6 is 11.8 Å². The van der Waals surface area contributed by atoms with E-state index >= 15 is 0 Å². The Balaban J connectivity index is 2.57. The molecule has 1 heterocycles. The van der Waals surface area contributed by atoms with Crippen LogP contribution in [0.25, 0.3) is 0 Å². The smallest absolute Gasteiger partial charge is 0.105 e. The molecule has 0 radical (unpaired) electrons. The van der Waals surface area contributed by atoms with Gasteiger partial charge in [-0.05, 0) is 19.7 Å². The highest BCUT2D eigenvalue weighted by Gasteiger charge is 2.04. The fourth-order valence-corrected chi connectivity index (χ4v) is 2.04. The molecule has 0 saturated carbocycles. The van der Waals surface area contributed by atoms with Gasteiger partial charge < -0.3 is 9.88 Å². The van der Waals surface area contributed by atoms with E-state index in [2.05, 4.69) is 28.7 Å². The minimum atomic E-state index is 0.900. The second-order valence-corrected chi connectivity index (χ2v) is 4.57. The van der Waals surface area contributed by atoms with Gasteiger partial charge in [-0.25, -0.2) is 4.98 Å². The van der Waals surface area contributed by atoms with Crippen molar-refractivity contribution in [2.24, 2.45) is 0 Å². The summed E-state index contributed by atoms with van der Waals surface area (Å²) in [5, 5.41) is 3.16. The van der Waals surface area contributed by atoms with E-state index in [9.17, 15) is 0 Å². The molecule has 1 N–H and O–H groups in total. The molecule has 0 unspecified atom stereocenters. The van der Waals surface area contributed by atoms with Crippen molar-refractivity contribution >= 4 is 11.8 Å². The van der Waals surface area contributed by atoms with Crippen LogP contribution in [0.4, 0.5) is 0 Å². The second-order valence-electron chi connectivity index (χ2n) is 3.18. The number of nitrogens with zero attached hydrogens (tertiary/aromatic N) is 2. The van der Waals surface area contributed by atoms with Gasteiger partial charge in [-0.2, -0.15) is 11.8 Å². The predicted molar refractivity (Wildman–Crippen MR) is 62.7 cm³/mol. The maximum absolute atomic E-state index is 4.33. The van der Waals surface area contributed by atoms with Gasteiger partial charge in [0, 0.05) is 25.0 Å². The van der Waals surface area contributed by atoms with Crippen LogP contribution in [0.5, 0.6) is 0 Å². The topological polar surface area (TPSA) is 29.9 Å². The van der Waals surface area contributed by atoms with E-state index in [1.165, 1.54) is 17.2 Å². The van der Waals surface area contributed by atoms with Crippen LogP contribution in [0, 0.1) is 6.92 Å². The van der Waals surface area contributed by atoms with Gasteiger partial charge in [0.1, 0.15) is 5.82 Å².